The van der Waals surface area contributed by atoms with Crippen molar-refractivity contribution in [3.63, 3.8) is 0 Å². The molecule has 10 nitrogen and oxygen atoms in total. The van der Waals surface area contributed by atoms with Crippen LogP contribution >= 0.6 is 0 Å². The van der Waals surface area contributed by atoms with Crippen LogP contribution in [-0.4, -0.2) is 57.6 Å². The lowest BCUT2D eigenvalue weighted by Crippen LogP contribution is -2.39. The van der Waals surface area contributed by atoms with E-state index in [4.69, 9.17) is 9.47 Å². The van der Waals surface area contributed by atoms with Gasteiger partial charge in [0.05, 0.1) is 18.5 Å². The molecule has 3 unspecified atom stereocenters. The van der Waals surface area contributed by atoms with E-state index >= 15 is 4.39 Å². The van der Waals surface area contributed by atoms with Crippen LogP contribution in [0.25, 0.3) is 5.57 Å². The quantitative estimate of drug-likeness (QED) is 0.363. The third-order valence-electron chi connectivity index (χ3n) is 5.81. The fraction of sp³-hybridized carbons (Fsp3) is 0.577. The number of halogens is 1. The molecule has 3 atom stereocenters. The summed E-state index contributed by atoms with van der Waals surface area (Å²) in [7, 11) is 0. The van der Waals surface area contributed by atoms with Crippen molar-refractivity contribution in [1.82, 2.24) is 9.62 Å². The number of nitrogens with zero attached hydrogens (tertiary/aromatic N) is 2. The minimum atomic E-state index is -2.03. The Morgan fingerprint density at radius 1 is 1.16 bits per heavy atom. The van der Waals surface area contributed by atoms with Gasteiger partial charge < -0.3 is 14.6 Å². The first-order valence-corrected chi connectivity index (χ1v) is 13.9. The number of rotatable bonds is 8. The first-order chi connectivity index (χ1) is 17.9. The van der Waals surface area contributed by atoms with E-state index < -0.39 is 53.0 Å². The third-order valence-corrected chi connectivity index (χ3v) is 6.92. The number of ether oxygens (including phenoxy) is 2. The van der Waals surface area contributed by atoms with Crippen molar-refractivity contribution in [2.45, 2.75) is 73.6 Å². The standard InChI is InChI=1S/C24H32FN3O7S.C2H6/c1-13(2)6-7-17-10-16(11-27(17)24(32)35-15(5)34-23(31)14(3)4)18-8-9-19(29)22(21(18)25)28-12-20(30)26-36(28)33;1-2/h8-10,13-15,17,29H,6-7,11-12H2,1-5H3,(H,26,30);1-2H3. The SMILES string of the molecule is CC.CC(C)CCC1C=C(c2ccc(O)c(N3CC(=O)NS3=O)c2F)CN1C(=O)OC(C)OC(=O)C(C)C. The molecular weight excluding hydrogens is 517 g/mol. The maximum Gasteiger partial charge on any atom is 0.413 e. The molecule has 1 aromatic rings. The van der Waals surface area contributed by atoms with Crippen LogP contribution in [0.2, 0.25) is 0 Å². The van der Waals surface area contributed by atoms with E-state index in [0.717, 1.165) is 10.7 Å². The summed E-state index contributed by atoms with van der Waals surface area (Å²) in [6.07, 6.45) is 1.33. The molecule has 0 bridgehead atoms. The van der Waals surface area contributed by atoms with Crippen molar-refractivity contribution in [3.05, 3.63) is 29.6 Å². The molecule has 2 aliphatic rings. The molecule has 2 aliphatic heterocycles. The van der Waals surface area contributed by atoms with E-state index in [1.54, 1.807) is 19.9 Å². The molecule has 212 valence electrons. The summed E-state index contributed by atoms with van der Waals surface area (Å²) in [5.74, 6) is -2.41. The molecule has 2 heterocycles. The Labute approximate surface area is 225 Å². The largest absolute Gasteiger partial charge is 0.506 e. The van der Waals surface area contributed by atoms with Gasteiger partial charge in [0.25, 0.3) is 5.91 Å². The number of anilines is 1. The van der Waals surface area contributed by atoms with Crippen molar-refractivity contribution in [1.29, 1.82) is 0 Å². The highest BCUT2D eigenvalue weighted by Gasteiger charge is 2.36. The number of amides is 2. The summed E-state index contributed by atoms with van der Waals surface area (Å²) in [5, 5.41) is 10.3. The normalized spacial score (nSPS) is 19.6. The minimum Gasteiger partial charge on any atom is -0.506 e. The van der Waals surface area contributed by atoms with Gasteiger partial charge in [-0.25, -0.2) is 13.4 Å². The lowest BCUT2D eigenvalue weighted by atomic mass is 10.0. The number of hydrogen-bond donors (Lipinski definition) is 2. The van der Waals surface area contributed by atoms with Crippen LogP contribution in [0.5, 0.6) is 5.75 Å². The van der Waals surface area contributed by atoms with Gasteiger partial charge in [0.2, 0.25) is 17.5 Å². The maximum atomic E-state index is 15.6. The number of phenols is 1. The Kier molecular flexibility index (Phi) is 11.1. The van der Waals surface area contributed by atoms with E-state index in [2.05, 4.69) is 4.72 Å². The van der Waals surface area contributed by atoms with Crippen LogP contribution < -0.4 is 9.03 Å². The molecular formula is C26H38FN3O7S. The predicted octanol–water partition coefficient (Wildman–Crippen LogP) is 4.26. The van der Waals surface area contributed by atoms with Gasteiger partial charge in [0.1, 0.15) is 18.0 Å². The average Bonchev–Trinajstić information content (AvgIpc) is 3.41. The summed E-state index contributed by atoms with van der Waals surface area (Å²) in [6, 6.07) is 2.23. The Bertz CT molecular complexity index is 1090. The van der Waals surface area contributed by atoms with Gasteiger partial charge in [0.15, 0.2) is 5.82 Å². The first kappa shape index (κ1) is 31.1. The van der Waals surface area contributed by atoms with Crippen molar-refractivity contribution in [2.75, 3.05) is 17.4 Å². The van der Waals surface area contributed by atoms with Gasteiger partial charge in [-0.05, 0) is 36.5 Å². The maximum absolute atomic E-state index is 15.6. The molecule has 1 fully saturated rings. The number of esters is 1. The van der Waals surface area contributed by atoms with Gasteiger partial charge in [-0.3, -0.25) is 23.5 Å². The number of nitrogens with one attached hydrogen (secondary N) is 1. The predicted molar refractivity (Wildman–Crippen MR) is 142 cm³/mol. The summed E-state index contributed by atoms with van der Waals surface area (Å²) in [4.78, 5) is 37.9. The van der Waals surface area contributed by atoms with Gasteiger partial charge >= 0.3 is 12.1 Å². The van der Waals surface area contributed by atoms with Crippen LogP contribution in [0.3, 0.4) is 0 Å². The lowest BCUT2D eigenvalue weighted by molar-refractivity contribution is -0.169. The molecule has 0 spiro atoms. The summed E-state index contributed by atoms with van der Waals surface area (Å²) >= 11 is -2.03. The Hall–Kier alpha value is -3.15. The zero-order valence-corrected chi connectivity index (χ0v) is 23.8. The number of phenolic OH excluding ortho intramolecular Hbond substituents is 1. The molecule has 0 radical (unpaired) electrons. The van der Waals surface area contributed by atoms with Gasteiger partial charge in [-0.15, -0.1) is 0 Å². The van der Waals surface area contributed by atoms with Crippen molar-refractivity contribution < 1.29 is 37.6 Å². The van der Waals surface area contributed by atoms with E-state index in [9.17, 15) is 23.7 Å². The van der Waals surface area contributed by atoms with Crippen molar-refractivity contribution >= 4 is 40.4 Å². The smallest absolute Gasteiger partial charge is 0.413 e. The van der Waals surface area contributed by atoms with Crippen LogP contribution in [0.1, 0.15) is 66.9 Å². The van der Waals surface area contributed by atoms with Crippen LogP contribution in [0, 0.1) is 17.7 Å². The molecule has 2 N–H and O–H groups in total. The molecule has 3 rings (SSSR count). The molecule has 2 amide bonds. The average molecular weight is 556 g/mol. The number of aromatic hydroxyl groups is 1. The summed E-state index contributed by atoms with van der Waals surface area (Å²) < 4.78 is 41.4. The first-order valence-electron chi connectivity index (χ1n) is 12.8. The molecule has 0 aromatic heterocycles. The molecule has 0 aliphatic carbocycles. The summed E-state index contributed by atoms with van der Waals surface area (Å²) in [6.45, 7) is 12.5. The van der Waals surface area contributed by atoms with Crippen LogP contribution in [0.15, 0.2) is 18.2 Å². The lowest BCUT2D eigenvalue weighted by Gasteiger charge is -2.26. The Morgan fingerprint density at radius 3 is 2.37 bits per heavy atom. The zero-order valence-electron chi connectivity index (χ0n) is 22.9. The fourth-order valence-corrected chi connectivity index (χ4v) is 4.85. The third kappa shape index (κ3) is 7.46. The minimum absolute atomic E-state index is 0.00779. The molecule has 1 aromatic carbocycles. The second-order valence-corrected chi connectivity index (χ2v) is 10.7. The second kappa shape index (κ2) is 13.6. The van der Waals surface area contributed by atoms with Gasteiger partial charge in [-0.1, -0.05) is 47.6 Å². The topological polar surface area (TPSA) is 125 Å². The van der Waals surface area contributed by atoms with E-state index in [-0.39, 0.29) is 30.3 Å². The fourth-order valence-electron chi connectivity index (χ4n) is 3.90. The Morgan fingerprint density at radius 2 is 1.82 bits per heavy atom. The highest BCUT2D eigenvalue weighted by Crippen LogP contribution is 2.39. The number of benzene rings is 1. The number of carbonyl (C=O) groups is 3. The Balaban J connectivity index is 0.00000247. The van der Waals surface area contributed by atoms with Crippen molar-refractivity contribution in [2.24, 2.45) is 11.8 Å². The molecule has 38 heavy (non-hydrogen) atoms. The van der Waals surface area contributed by atoms with Gasteiger partial charge in [-0.2, -0.15) is 0 Å². The molecule has 0 saturated carbocycles. The van der Waals surface area contributed by atoms with Gasteiger partial charge in [0, 0.05) is 12.5 Å². The highest BCUT2D eigenvalue weighted by atomic mass is 32.2. The number of carbonyl (C=O) groups excluding carboxylic acids is 3. The van der Waals surface area contributed by atoms with E-state index in [1.807, 2.05) is 27.7 Å². The van der Waals surface area contributed by atoms with Crippen molar-refractivity contribution in [3.8, 4) is 5.75 Å². The van der Waals surface area contributed by atoms with E-state index in [0.29, 0.717) is 17.9 Å². The summed E-state index contributed by atoms with van der Waals surface area (Å²) in [5.41, 5.74) is 0.206. The second-order valence-electron chi connectivity index (χ2n) is 9.51. The highest BCUT2D eigenvalue weighted by molar-refractivity contribution is 7.85. The van der Waals surface area contributed by atoms with Crippen LogP contribution in [-0.2, 0) is 30.2 Å². The van der Waals surface area contributed by atoms with Crippen LogP contribution in [0.4, 0.5) is 14.9 Å². The zero-order chi connectivity index (χ0) is 28.7. The molecule has 1 saturated heterocycles. The molecule has 12 heteroatoms. The number of hydrogen-bond acceptors (Lipinski definition) is 7. The monoisotopic (exact) mass is 555 g/mol. The van der Waals surface area contributed by atoms with E-state index in [1.165, 1.54) is 24.0 Å².